The lowest BCUT2D eigenvalue weighted by Gasteiger charge is -2.19. The summed E-state index contributed by atoms with van der Waals surface area (Å²) in [5.74, 6) is -0.0681. The van der Waals surface area contributed by atoms with Crippen LogP contribution in [-0.2, 0) is 31.6 Å². The van der Waals surface area contributed by atoms with Gasteiger partial charge in [-0.3, -0.25) is 9.09 Å². The quantitative estimate of drug-likeness (QED) is 0.148. The molecule has 1 aliphatic heterocycles. The molecule has 180 valence electrons. The van der Waals surface area contributed by atoms with Gasteiger partial charge in [0.25, 0.3) is 0 Å². The predicted octanol–water partition coefficient (Wildman–Crippen LogP) is -0.966. The number of fused-ring (bicyclic) bond motifs is 1. The zero-order chi connectivity index (χ0) is 24.1. The van der Waals surface area contributed by atoms with Gasteiger partial charge in [0.1, 0.15) is 28.5 Å². The molecule has 22 heteroatoms. The second-order valence-electron chi connectivity index (χ2n) is 6.21. The minimum atomic E-state index is -5.71. The van der Waals surface area contributed by atoms with Crippen molar-refractivity contribution < 1.29 is 61.4 Å². The van der Waals surface area contributed by atoms with Crippen LogP contribution in [0.3, 0.4) is 0 Å². The number of nitrogen functional groups attached to an aromatic ring is 1. The van der Waals surface area contributed by atoms with E-state index in [0.717, 1.165) is 0 Å². The Morgan fingerprint density at radius 2 is 1.81 bits per heavy atom. The lowest BCUT2D eigenvalue weighted by atomic mass is 10.1. The van der Waals surface area contributed by atoms with E-state index >= 15 is 0 Å². The first-order chi connectivity index (χ1) is 14.6. The van der Waals surface area contributed by atoms with Crippen LogP contribution in [0.15, 0.2) is 6.33 Å². The molecule has 2 aromatic heterocycles. The molecule has 0 radical (unpaired) electrons. The van der Waals surface area contributed by atoms with Crippen molar-refractivity contribution in [1.82, 2.24) is 19.5 Å². The van der Waals surface area contributed by atoms with Crippen LogP contribution >= 0.6 is 35.7 Å². The number of nitrogens with two attached hydrogens (primary N) is 1. The highest BCUT2D eigenvalue weighted by molar-refractivity contribution is 7.71. The predicted molar refractivity (Wildman–Crippen MR) is 103 cm³/mol. The number of phosphoric acid groups is 3. The third-order valence-corrected chi connectivity index (χ3v) is 7.98. The van der Waals surface area contributed by atoms with Crippen LogP contribution in [0, 0.1) is 4.64 Å². The van der Waals surface area contributed by atoms with Crippen molar-refractivity contribution in [2.24, 2.45) is 0 Å². The minimum absolute atomic E-state index is 0.0681. The number of ether oxygens (including phenoxy) is 1. The Balaban J connectivity index is 1.72. The Morgan fingerprint density at radius 1 is 1.16 bits per heavy atom. The zero-order valence-electron chi connectivity index (χ0n) is 15.3. The summed E-state index contributed by atoms with van der Waals surface area (Å²) in [4.78, 5) is 46.2. The lowest BCUT2D eigenvalue weighted by Crippen LogP contribution is -2.33. The Morgan fingerprint density at radius 3 is 2.44 bits per heavy atom. The van der Waals surface area contributed by atoms with Crippen molar-refractivity contribution in [2.45, 2.75) is 24.5 Å². The molecule has 1 fully saturated rings. The van der Waals surface area contributed by atoms with E-state index in [-0.39, 0.29) is 21.8 Å². The third kappa shape index (κ3) is 5.85. The number of aliphatic hydroxyl groups excluding tert-OH is 2. The smallest absolute Gasteiger partial charge is 0.387 e. The third-order valence-electron chi connectivity index (χ3n) is 3.88. The maximum absolute atomic E-state index is 11.8. The Labute approximate surface area is 182 Å². The first-order valence-corrected chi connectivity index (χ1v) is 13.0. The Hall–Kier alpha value is -1.14. The molecule has 0 spiro atoms. The monoisotopic (exact) mass is 539 g/mol. The van der Waals surface area contributed by atoms with Gasteiger partial charge in [0.05, 0.1) is 12.9 Å². The number of anilines is 1. The first-order valence-electron chi connectivity index (χ1n) is 8.11. The highest BCUT2D eigenvalue weighted by Crippen LogP contribution is 2.66. The minimum Gasteiger partial charge on any atom is -0.387 e. The normalized spacial score (nSPS) is 27.9. The molecule has 6 unspecified atom stereocenters. The van der Waals surface area contributed by atoms with Crippen LogP contribution in [0.2, 0.25) is 0 Å². The van der Waals surface area contributed by atoms with E-state index in [0.29, 0.717) is 0 Å². The van der Waals surface area contributed by atoms with Crippen LogP contribution in [0.1, 0.15) is 6.23 Å². The molecular formula is C10H16N5O13P3S. The average molecular weight is 539 g/mol. The fourth-order valence-corrected chi connectivity index (χ4v) is 5.98. The van der Waals surface area contributed by atoms with Crippen LogP contribution in [-0.4, -0.2) is 74.2 Å². The highest BCUT2D eigenvalue weighted by Gasteiger charge is 2.47. The second-order valence-corrected chi connectivity index (χ2v) is 11.0. The molecule has 0 bridgehead atoms. The van der Waals surface area contributed by atoms with Gasteiger partial charge in [-0.1, -0.05) is 12.2 Å². The molecule has 18 nitrogen and oxygen atoms in total. The number of H-pyrrole nitrogens is 1. The second kappa shape index (κ2) is 8.90. The largest absolute Gasteiger partial charge is 0.490 e. The fraction of sp³-hybridized carbons (Fsp3) is 0.500. The summed E-state index contributed by atoms with van der Waals surface area (Å²) in [6.45, 7) is -0.972. The fourth-order valence-electron chi connectivity index (χ4n) is 2.70. The number of aliphatic hydroxyl groups is 2. The molecule has 3 heterocycles. The van der Waals surface area contributed by atoms with E-state index in [2.05, 4.69) is 28.1 Å². The Bertz CT molecular complexity index is 1210. The summed E-state index contributed by atoms with van der Waals surface area (Å²) in [6, 6.07) is 0. The molecule has 0 amide bonds. The van der Waals surface area contributed by atoms with Gasteiger partial charge in [-0.15, -0.1) is 0 Å². The van der Waals surface area contributed by atoms with Crippen molar-refractivity contribution in [3.8, 4) is 0 Å². The number of phosphoric ester groups is 1. The van der Waals surface area contributed by atoms with Crippen LogP contribution < -0.4 is 5.73 Å². The van der Waals surface area contributed by atoms with E-state index in [1.165, 1.54) is 10.9 Å². The summed E-state index contributed by atoms with van der Waals surface area (Å²) in [7, 11) is -16.7. The summed E-state index contributed by atoms with van der Waals surface area (Å²) in [5.41, 5.74) is 5.90. The maximum Gasteiger partial charge on any atom is 0.490 e. The van der Waals surface area contributed by atoms with Crippen LogP contribution in [0.25, 0.3) is 11.2 Å². The average Bonchev–Trinajstić information content (AvgIpc) is 3.12. The lowest BCUT2D eigenvalue weighted by molar-refractivity contribution is -0.0503. The van der Waals surface area contributed by atoms with Gasteiger partial charge in [-0.05, 0) is 0 Å². The first kappa shape index (κ1) is 25.5. The van der Waals surface area contributed by atoms with E-state index in [4.69, 9.17) is 37.4 Å². The molecule has 6 atom stereocenters. The number of nitrogens with zero attached hydrogens (tertiary/aromatic N) is 3. The van der Waals surface area contributed by atoms with Gasteiger partial charge in [0.15, 0.2) is 11.9 Å². The van der Waals surface area contributed by atoms with Crippen molar-refractivity contribution >= 4 is 52.8 Å². The van der Waals surface area contributed by atoms with E-state index in [1.54, 1.807) is 0 Å². The Kier molecular flexibility index (Phi) is 7.09. The number of hydrogen-bond acceptors (Lipinski definition) is 13. The van der Waals surface area contributed by atoms with Gasteiger partial charge in [-0.25, -0.2) is 18.7 Å². The summed E-state index contributed by atoms with van der Waals surface area (Å²) < 4.78 is 52.1. The molecular weight excluding hydrogens is 523 g/mol. The molecule has 1 saturated heterocycles. The zero-order valence-corrected chi connectivity index (χ0v) is 18.8. The summed E-state index contributed by atoms with van der Waals surface area (Å²) >= 11 is 5.06. The van der Waals surface area contributed by atoms with Crippen molar-refractivity contribution in [1.29, 1.82) is 0 Å². The van der Waals surface area contributed by atoms with Crippen LogP contribution in [0.4, 0.5) is 5.95 Å². The van der Waals surface area contributed by atoms with Crippen molar-refractivity contribution in [3.05, 3.63) is 11.0 Å². The maximum atomic E-state index is 11.8. The van der Waals surface area contributed by atoms with Gasteiger partial charge in [0.2, 0.25) is 5.95 Å². The number of hydrogen-bond donors (Lipinski definition) is 8. The number of rotatable bonds is 8. The van der Waals surface area contributed by atoms with E-state index in [1.807, 2.05) is 0 Å². The standard InChI is InChI=1S/C10H16N5O13P3S/c11-10-13-7-4(8(32)14-10)12-2-15(7)9-6(17)5(16)3(26-9)1-25-30(21,22)28-31(23,24)27-29(18,19)20/h2-3,5-6,9,16-17H,1H2,(H,21,22)(H,23,24)(H2,18,19,20)(H3,11,13,14,32). The molecule has 1 aliphatic rings. The van der Waals surface area contributed by atoms with E-state index in [9.17, 15) is 28.8 Å². The van der Waals surface area contributed by atoms with Gasteiger partial charge >= 0.3 is 23.5 Å². The number of imidazole rings is 1. The number of aromatic amines is 1. The molecule has 0 aliphatic carbocycles. The van der Waals surface area contributed by atoms with E-state index < -0.39 is 54.6 Å². The van der Waals surface area contributed by atoms with Gasteiger partial charge < -0.3 is 45.2 Å². The molecule has 2 aromatic rings. The number of aromatic nitrogens is 4. The SMILES string of the molecule is Nc1nc2c(ncn2C2OC(COP(=O)(O)OP(=O)(O)OP(=O)(O)O)C(O)C2O)c(=S)[nH]1. The summed E-state index contributed by atoms with van der Waals surface area (Å²) in [6.07, 6.45) is -4.93. The van der Waals surface area contributed by atoms with Crippen LogP contribution in [0.5, 0.6) is 0 Å². The van der Waals surface area contributed by atoms with Gasteiger partial charge in [0, 0.05) is 0 Å². The highest BCUT2D eigenvalue weighted by atomic mass is 32.1. The summed E-state index contributed by atoms with van der Waals surface area (Å²) in [5, 5.41) is 20.5. The van der Waals surface area contributed by atoms with Gasteiger partial charge in [-0.2, -0.15) is 13.6 Å². The number of nitrogens with one attached hydrogen (secondary N) is 1. The molecule has 32 heavy (non-hydrogen) atoms. The topological polar surface area (TPSA) is 282 Å². The van der Waals surface area contributed by atoms with Crippen molar-refractivity contribution in [2.75, 3.05) is 12.3 Å². The molecule has 3 rings (SSSR count). The van der Waals surface area contributed by atoms with Crippen molar-refractivity contribution in [3.63, 3.8) is 0 Å². The molecule has 9 N–H and O–H groups in total. The molecule has 0 saturated carbocycles. The molecule has 0 aromatic carbocycles.